The molecule has 42 heavy (non-hydrogen) atoms. The number of carbonyl (C=O) groups is 3. The summed E-state index contributed by atoms with van der Waals surface area (Å²) in [5.41, 5.74) is 1.19. The van der Waals surface area contributed by atoms with Crippen LogP contribution < -0.4 is 0 Å². The molecule has 0 amide bonds. The lowest BCUT2D eigenvalue weighted by molar-refractivity contribution is -0.193. The Morgan fingerprint density at radius 1 is 0.833 bits per heavy atom. The summed E-state index contributed by atoms with van der Waals surface area (Å²) in [4.78, 5) is 36.3. The highest BCUT2D eigenvalue weighted by Gasteiger charge is 2.40. The number of aliphatic carboxylic acids is 3. The van der Waals surface area contributed by atoms with Crippen molar-refractivity contribution in [2.75, 3.05) is 32.8 Å². The van der Waals surface area contributed by atoms with Gasteiger partial charge in [0.25, 0.3) is 0 Å². The Morgan fingerprint density at radius 2 is 1.33 bits per heavy atom. The molecule has 1 aliphatic carbocycles. The quantitative estimate of drug-likeness (QED) is 0.414. The maximum absolute atomic E-state index is 10.6. The molecule has 0 radical (unpaired) electrons. The second-order valence-electron chi connectivity index (χ2n) is 9.25. The molecule has 3 fully saturated rings. The molecule has 3 aliphatic rings. The van der Waals surface area contributed by atoms with Crippen molar-refractivity contribution in [3.8, 4) is 0 Å². The maximum atomic E-state index is 10.6. The van der Waals surface area contributed by atoms with E-state index in [1.165, 1.54) is 38.0 Å². The van der Waals surface area contributed by atoms with Crippen molar-refractivity contribution in [3.05, 3.63) is 30.1 Å². The summed E-state index contributed by atoms with van der Waals surface area (Å²) in [6.45, 7) is 6.64. The number of aromatic nitrogens is 1. The highest BCUT2D eigenvalue weighted by molar-refractivity contribution is 5.73. The lowest BCUT2D eigenvalue weighted by atomic mass is 10.1. The number of fused-ring (bicyclic) bond motifs is 1. The zero-order valence-corrected chi connectivity index (χ0v) is 21.6. The van der Waals surface area contributed by atoms with Gasteiger partial charge < -0.3 is 20.1 Å². The van der Waals surface area contributed by atoms with Gasteiger partial charge in [-0.3, -0.25) is 14.8 Å². The van der Waals surface area contributed by atoms with Crippen molar-refractivity contribution in [2.24, 2.45) is 5.92 Å². The Bertz CT molecular complexity index is 947. The van der Waals surface area contributed by atoms with Crippen LogP contribution in [-0.2, 0) is 25.7 Å². The molecule has 1 aromatic rings. The van der Waals surface area contributed by atoms with Crippen LogP contribution in [0.2, 0.25) is 0 Å². The molecule has 0 aromatic carbocycles. The first kappa shape index (κ1) is 36.8. The fourth-order valence-electron chi connectivity index (χ4n) is 3.60. The zero-order chi connectivity index (χ0) is 32.3. The molecule has 0 spiro atoms. The third-order valence-corrected chi connectivity index (χ3v) is 5.77. The Hall–Kier alpha value is -3.19. The molecule has 3 heterocycles. The third-order valence-electron chi connectivity index (χ3n) is 5.77. The van der Waals surface area contributed by atoms with Gasteiger partial charge in [0.15, 0.2) is 0 Å². The molecule has 2 atom stereocenters. The Kier molecular flexibility index (Phi) is 13.9. The second-order valence-corrected chi connectivity index (χ2v) is 9.25. The minimum atomic E-state index is -5.08. The van der Waals surface area contributed by atoms with Crippen molar-refractivity contribution < 1.29 is 74.0 Å². The van der Waals surface area contributed by atoms with Gasteiger partial charge in [-0.25, -0.2) is 14.4 Å². The first-order valence-electron chi connectivity index (χ1n) is 12.1. The average Bonchev–Trinajstić information content (AvgIpc) is 3.60. The topological polar surface area (TPSA) is 140 Å². The zero-order valence-electron chi connectivity index (χ0n) is 21.6. The van der Waals surface area contributed by atoms with Crippen LogP contribution in [0.3, 0.4) is 0 Å². The highest BCUT2D eigenvalue weighted by Crippen LogP contribution is 2.31. The number of hydrogen-bond acceptors (Lipinski definition) is 7. The normalized spacial score (nSPS) is 20.9. The molecule has 2 aliphatic heterocycles. The molecular weight excluding hydrogens is 601 g/mol. The molecule has 10 nitrogen and oxygen atoms in total. The van der Waals surface area contributed by atoms with Gasteiger partial charge >= 0.3 is 36.4 Å². The number of pyridine rings is 1. The van der Waals surface area contributed by atoms with Crippen molar-refractivity contribution in [1.82, 2.24) is 14.8 Å². The van der Waals surface area contributed by atoms with Crippen LogP contribution in [-0.4, -0.2) is 111 Å². The molecule has 240 valence electrons. The van der Waals surface area contributed by atoms with Crippen LogP contribution in [0, 0.1) is 5.92 Å². The van der Waals surface area contributed by atoms with Gasteiger partial charge in [0.05, 0.1) is 11.8 Å². The predicted molar refractivity (Wildman–Crippen MR) is 123 cm³/mol. The first-order valence-corrected chi connectivity index (χ1v) is 12.1. The van der Waals surface area contributed by atoms with Gasteiger partial charge in [-0.1, -0.05) is 6.07 Å². The number of hydrogen-bond donors (Lipinski definition) is 3. The summed E-state index contributed by atoms with van der Waals surface area (Å²) in [6, 6.07) is 6.88. The molecule has 19 heteroatoms. The lowest BCUT2D eigenvalue weighted by Crippen LogP contribution is -2.49. The van der Waals surface area contributed by atoms with E-state index in [0.717, 1.165) is 32.2 Å². The minimum absolute atomic E-state index is 0.477. The number of piperazine rings is 1. The standard InChI is InChI=1S/C17H25N3O.3C2HF3O2/c1-2-6-18-15(3-1)10-19-7-8-20-12-17(9-16(20)11-19)21-13-14-4-5-14;3*3-2(4,5)1(6)7/h1-3,6,14,16-17H,4-5,7-13H2;3*(H,6,7)/t16-,17+;;;/m1.../s1. The molecular formula is C23H28F9N3O7. The summed E-state index contributed by atoms with van der Waals surface area (Å²) >= 11 is 0. The third kappa shape index (κ3) is 15.2. The first-order chi connectivity index (χ1) is 19.2. The van der Waals surface area contributed by atoms with Crippen LogP contribution in [0.25, 0.3) is 0 Å². The van der Waals surface area contributed by atoms with E-state index < -0.39 is 36.4 Å². The largest absolute Gasteiger partial charge is 0.490 e. The predicted octanol–water partition coefficient (Wildman–Crippen LogP) is 3.67. The van der Waals surface area contributed by atoms with E-state index in [0.29, 0.717) is 12.1 Å². The van der Waals surface area contributed by atoms with E-state index in [1.807, 2.05) is 12.3 Å². The van der Waals surface area contributed by atoms with Crippen molar-refractivity contribution in [1.29, 1.82) is 0 Å². The van der Waals surface area contributed by atoms with E-state index in [4.69, 9.17) is 34.4 Å². The van der Waals surface area contributed by atoms with E-state index in [2.05, 4.69) is 26.9 Å². The fraction of sp³-hybridized carbons (Fsp3) is 0.652. The van der Waals surface area contributed by atoms with Gasteiger partial charge in [0.1, 0.15) is 0 Å². The minimum Gasteiger partial charge on any atom is -0.475 e. The molecule has 4 rings (SSSR count). The highest BCUT2D eigenvalue weighted by atomic mass is 19.4. The number of rotatable bonds is 5. The van der Waals surface area contributed by atoms with Crippen molar-refractivity contribution in [2.45, 2.75) is 56.5 Å². The SMILES string of the molecule is O=C(O)C(F)(F)F.O=C(O)C(F)(F)F.O=C(O)C(F)(F)F.c1ccc(CN2CCN3C[C@@H](OCC4CC4)C[C@@H]3C2)nc1. The summed E-state index contributed by atoms with van der Waals surface area (Å²) < 4.78 is 101. The van der Waals surface area contributed by atoms with Crippen LogP contribution in [0.4, 0.5) is 39.5 Å². The number of ether oxygens (including phenoxy) is 1. The summed E-state index contributed by atoms with van der Waals surface area (Å²) in [5, 5.41) is 21.4. The Labute approximate surface area is 232 Å². The van der Waals surface area contributed by atoms with Gasteiger partial charge in [-0.05, 0) is 37.3 Å². The van der Waals surface area contributed by atoms with Gasteiger partial charge in [-0.2, -0.15) is 39.5 Å². The van der Waals surface area contributed by atoms with Crippen molar-refractivity contribution in [3.63, 3.8) is 0 Å². The summed E-state index contributed by atoms with van der Waals surface area (Å²) in [5.74, 6) is -7.39. The second kappa shape index (κ2) is 15.9. The van der Waals surface area contributed by atoms with E-state index in [-0.39, 0.29) is 0 Å². The number of nitrogens with zero attached hydrogens (tertiary/aromatic N) is 3. The summed E-state index contributed by atoms with van der Waals surface area (Å²) in [6.07, 6.45) is -8.89. The monoisotopic (exact) mass is 629 g/mol. The van der Waals surface area contributed by atoms with Crippen LogP contribution in [0.5, 0.6) is 0 Å². The number of halogens is 9. The molecule has 1 saturated carbocycles. The van der Waals surface area contributed by atoms with Gasteiger partial charge in [-0.15, -0.1) is 0 Å². The molecule has 3 N–H and O–H groups in total. The Morgan fingerprint density at radius 3 is 1.74 bits per heavy atom. The molecule has 0 unspecified atom stereocenters. The van der Waals surface area contributed by atoms with E-state index in [9.17, 15) is 39.5 Å². The number of carboxylic acids is 3. The molecule has 2 saturated heterocycles. The van der Waals surface area contributed by atoms with Crippen LogP contribution in [0.15, 0.2) is 24.4 Å². The fourth-order valence-corrected chi connectivity index (χ4v) is 3.60. The smallest absolute Gasteiger partial charge is 0.475 e. The molecule has 0 bridgehead atoms. The summed E-state index contributed by atoms with van der Waals surface area (Å²) in [7, 11) is 0. The Balaban J connectivity index is 0.000000348. The molecule has 1 aromatic heterocycles. The van der Waals surface area contributed by atoms with E-state index >= 15 is 0 Å². The van der Waals surface area contributed by atoms with Gasteiger partial charge in [0.2, 0.25) is 0 Å². The van der Waals surface area contributed by atoms with Gasteiger partial charge in [0, 0.05) is 51.6 Å². The number of alkyl halides is 9. The average molecular weight is 629 g/mol. The lowest BCUT2D eigenvalue weighted by Gasteiger charge is -2.37. The van der Waals surface area contributed by atoms with Crippen LogP contribution >= 0.6 is 0 Å². The van der Waals surface area contributed by atoms with Crippen molar-refractivity contribution >= 4 is 17.9 Å². The van der Waals surface area contributed by atoms with E-state index in [1.54, 1.807) is 0 Å². The van der Waals surface area contributed by atoms with Crippen LogP contribution in [0.1, 0.15) is 25.0 Å². The maximum Gasteiger partial charge on any atom is 0.490 e. The number of carboxylic acid groups (broad SMARTS) is 3.